The quantitative estimate of drug-likeness (QED) is 0.638. The van der Waals surface area contributed by atoms with Crippen molar-refractivity contribution in [1.82, 2.24) is 15.2 Å². The zero-order valence-electron chi connectivity index (χ0n) is 13.3. The van der Waals surface area contributed by atoms with Crippen LogP contribution >= 0.6 is 0 Å². The number of carbonyl (C=O) groups excluding carboxylic acids is 2. The molecule has 0 aromatic carbocycles. The van der Waals surface area contributed by atoms with Gasteiger partial charge in [-0.25, -0.2) is 4.79 Å². The van der Waals surface area contributed by atoms with E-state index in [9.17, 15) is 19.2 Å². The largest absolute Gasteiger partial charge is 0.480 e. The number of rotatable bonds is 7. The lowest BCUT2D eigenvalue weighted by Gasteiger charge is -2.16. The van der Waals surface area contributed by atoms with Crippen LogP contribution in [0.25, 0.3) is 0 Å². The Morgan fingerprint density at radius 3 is 2.43 bits per heavy atom. The molecule has 3 N–H and O–H groups in total. The Labute approximate surface area is 133 Å². The lowest BCUT2D eigenvalue weighted by Crippen LogP contribution is -2.46. The van der Waals surface area contributed by atoms with Crippen LogP contribution in [0.15, 0.2) is 23.1 Å². The molecule has 0 aliphatic carbocycles. The van der Waals surface area contributed by atoms with Crippen LogP contribution in [-0.2, 0) is 16.6 Å². The first-order valence-corrected chi connectivity index (χ1v) is 7.17. The Kier molecular flexibility index (Phi) is 6.49. The van der Waals surface area contributed by atoms with Crippen LogP contribution in [0.3, 0.4) is 0 Å². The van der Waals surface area contributed by atoms with Gasteiger partial charge in [-0.05, 0) is 18.4 Å². The van der Waals surface area contributed by atoms with E-state index in [1.807, 2.05) is 13.8 Å². The van der Waals surface area contributed by atoms with Crippen LogP contribution in [0, 0.1) is 5.92 Å². The highest BCUT2D eigenvalue weighted by Crippen LogP contribution is 2.04. The van der Waals surface area contributed by atoms with E-state index in [1.165, 1.54) is 29.9 Å². The second-order valence-corrected chi connectivity index (χ2v) is 5.64. The van der Waals surface area contributed by atoms with Crippen LogP contribution in [0.5, 0.6) is 0 Å². The molecule has 0 radical (unpaired) electrons. The minimum atomic E-state index is -1.11. The number of pyridine rings is 1. The van der Waals surface area contributed by atoms with Gasteiger partial charge in [-0.1, -0.05) is 13.8 Å². The number of carboxylic acid groups (broad SMARTS) is 1. The molecule has 8 nitrogen and oxygen atoms in total. The van der Waals surface area contributed by atoms with Crippen molar-refractivity contribution in [3.8, 4) is 0 Å². The summed E-state index contributed by atoms with van der Waals surface area (Å²) < 4.78 is 1.25. The minimum absolute atomic E-state index is 0.108. The first-order chi connectivity index (χ1) is 10.7. The lowest BCUT2D eigenvalue weighted by atomic mass is 10.0. The van der Waals surface area contributed by atoms with E-state index in [4.69, 9.17) is 5.11 Å². The zero-order chi connectivity index (χ0) is 17.6. The van der Waals surface area contributed by atoms with Gasteiger partial charge >= 0.3 is 5.97 Å². The van der Waals surface area contributed by atoms with Gasteiger partial charge in [-0.3, -0.25) is 14.4 Å². The van der Waals surface area contributed by atoms with E-state index in [0.29, 0.717) is 6.42 Å². The van der Waals surface area contributed by atoms with E-state index >= 15 is 0 Å². The summed E-state index contributed by atoms with van der Waals surface area (Å²) in [7, 11) is 1.51. The Morgan fingerprint density at radius 1 is 1.26 bits per heavy atom. The molecule has 0 aliphatic heterocycles. The summed E-state index contributed by atoms with van der Waals surface area (Å²) in [5.74, 6) is -2.12. The van der Waals surface area contributed by atoms with Crippen molar-refractivity contribution in [3.05, 3.63) is 34.2 Å². The summed E-state index contributed by atoms with van der Waals surface area (Å²) in [5, 5.41) is 13.8. The third kappa shape index (κ3) is 5.93. The summed E-state index contributed by atoms with van der Waals surface area (Å²) in [4.78, 5) is 45.9. The Morgan fingerprint density at radius 2 is 1.91 bits per heavy atom. The first-order valence-electron chi connectivity index (χ1n) is 7.17. The average molecular weight is 323 g/mol. The molecular weight excluding hydrogens is 302 g/mol. The number of aromatic nitrogens is 1. The molecule has 0 fully saturated rings. The molecule has 0 aliphatic rings. The van der Waals surface area contributed by atoms with Gasteiger partial charge in [0.05, 0.1) is 12.1 Å². The van der Waals surface area contributed by atoms with Gasteiger partial charge in [0.2, 0.25) is 11.5 Å². The fraction of sp³-hybridized carbons (Fsp3) is 0.467. The minimum Gasteiger partial charge on any atom is -0.480 e. The molecule has 0 bridgehead atoms. The Bertz CT molecular complexity index is 651. The summed E-state index contributed by atoms with van der Waals surface area (Å²) in [6.07, 6.45) is 1.66. The van der Waals surface area contributed by atoms with E-state index in [-0.39, 0.29) is 23.6 Å². The number of nitrogens with one attached hydrogen (secondary N) is 2. The number of aryl methyl sites for hydroxylation is 1. The highest BCUT2D eigenvalue weighted by molar-refractivity contribution is 5.96. The molecule has 126 valence electrons. The maximum Gasteiger partial charge on any atom is 0.326 e. The number of hydrogen-bond acceptors (Lipinski definition) is 4. The number of carboxylic acids is 1. The summed E-state index contributed by atoms with van der Waals surface area (Å²) in [6.45, 7) is 3.36. The number of hydrogen-bond donors (Lipinski definition) is 3. The molecular formula is C15H21N3O5. The molecule has 23 heavy (non-hydrogen) atoms. The number of amides is 2. The lowest BCUT2D eigenvalue weighted by molar-refractivity contribution is -0.142. The van der Waals surface area contributed by atoms with E-state index in [0.717, 1.165) is 0 Å². The van der Waals surface area contributed by atoms with Crippen LogP contribution in [0.2, 0.25) is 0 Å². The predicted octanol–water partition coefficient (Wildman–Crippen LogP) is -0.269. The summed E-state index contributed by atoms with van der Waals surface area (Å²) >= 11 is 0. The van der Waals surface area contributed by atoms with Gasteiger partial charge in [0.1, 0.15) is 6.04 Å². The molecule has 0 saturated carbocycles. The highest BCUT2D eigenvalue weighted by atomic mass is 16.4. The standard InChI is InChI=1S/C15H21N3O5/c1-9(2)6-11(15(22)23)17-12(19)7-16-14(21)10-4-5-13(20)18(3)8-10/h4-5,8-9,11H,6-7H2,1-3H3,(H,16,21)(H,17,19)(H,22,23)/t11-/m0/s1. The third-order valence-corrected chi connectivity index (χ3v) is 3.10. The van der Waals surface area contributed by atoms with Crippen molar-refractivity contribution in [1.29, 1.82) is 0 Å². The van der Waals surface area contributed by atoms with Crippen LogP contribution in [0.1, 0.15) is 30.6 Å². The van der Waals surface area contributed by atoms with E-state index in [2.05, 4.69) is 10.6 Å². The molecule has 1 rings (SSSR count). The molecule has 1 atom stereocenters. The molecule has 1 aromatic rings. The van der Waals surface area contributed by atoms with Gasteiger partial charge in [0.15, 0.2) is 0 Å². The van der Waals surface area contributed by atoms with Crippen molar-refractivity contribution in [2.45, 2.75) is 26.3 Å². The van der Waals surface area contributed by atoms with Gasteiger partial charge in [0.25, 0.3) is 5.91 Å². The normalized spacial score (nSPS) is 11.8. The molecule has 1 aromatic heterocycles. The molecule has 0 unspecified atom stereocenters. The molecule has 1 heterocycles. The topological polar surface area (TPSA) is 118 Å². The molecule has 0 spiro atoms. The van der Waals surface area contributed by atoms with Gasteiger partial charge < -0.3 is 20.3 Å². The first kappa shape index (κ1) is 18.4. The monoisotopic (exact) mass is 323 g/mol. The Hall–Kier alpha value is -2.64. The third-order valence-electron chi connectivity index (χ3n) is 3.10. The maximum absolute atomic E-state index is 11.9. The van der Waals surface area contributed by atoms with E-state index < -0.39 is 23.8 Å². The van der Waals surface area contributed by atoms with Crippen molar-refractivity contribution < 1.29 is 19.5 Å². The zero-order valence-corrected chi connectivity index (χ0v) is 13.3. The van der Waals surface area contributed by atoms with Crippen LogP contribution < -0.4 is 16.2 Å². The van der Waals surface area contributed by atoms with E-state index in [1.54, 1.807) is 0 Å². The second kappa shape index (κ2) is 8.11. The predicted molar refractivity (Wildman–Crippen MR) is 83.0 cm³/mol. The fourth-order valence-electron chi connectivity index (χ4n) is 1.93. The number of carbonyl (C=O) groups is 3. The molecule has 0 saturated heterocycles. The smallest absolute Gasteiger partial charge is 0.326 e. The average Bonchev–Trinajstić information content (AvgIpc) is 2.46. The Balaban J connectivity index is 2.57. The van der Waals surface area contributed by atoms with Crippen molar-refractivity contribution in [2.24, 2.45) is 13.0 Å². The number of aliphatic carboxylic acids is 1. The molecule has 2 amide bonds. The summed E-state index contributed by atoms with van der Waals surface area (Å²) in [6, 6.07) is 1.61. The van der Waals surface area contributed by atoms with Crippen LogP contribution in [-0.4, -0.2) is 40.0 Å². The number of nitrogens with zero attached hydrogens (tertiary/aromatic N) is 1. The highest BCUT2D eigenvalue weighted by Gasteiger charge is 2.21. The second-order valence-electron chi connectivity index (χ2n) is 5.64. The van der Waals surface area contributed by atoms with Gasteiger partial charge in [0, 0.05) is 19.3 Å². The maximum atomic E-state index is 11.9. The van der Waals surface area contributed by atoms with Gasteiger partial charge in [-0.2, -0.15) is 0 Å². The van der Waals surface area contributed by atoms with Crippen molar-refractivity contribution >= 4 is 17.8 Å². The molecule has 8 heteroatoms. The fourth-order valence-corrected chi connectivity index (χ4v) is 1.93. The summed E-state index contributed by atoms with van der Waals surface area (Å²) in [5.41, 5.74) is -0.0193. The van der Waals surface area contributed by atoms with Crippen molar-refractivity contribution in [2.75, 3.05) is 6.54 Å². The van der Waals surface area contributed by atoms with Gasteiger partial charge in [-0.15, -0.1) is 0 Å². The van der Waals surface area contributed by atoms with Crippen molar-refractivity contribution in [3.63, 3.8) is 0 Å². The van der Waals surface area contributed by atoms with Crippen LogP contribution in [0.4, 0.5) is 0 Å². The SMILES string of the molecule is CC(C)C[C@H](NC(=O)CNC(=O)c1ccc(=O)n(C)c1)C(=O)O.